The summed E-state index contributed by atoms with van der Waals surface area (Å²) >= 11 is 0. The summed E-state index contributed by atoms with van der Waals surface area (Å²) in [6, 6.07) is 4.82. The standard InChI is InChI=1S/C10H10F2N2O/c11-8-2-1-3-9(10(8)12)15-5-4-7(14)6-13/h1-3,7H,4-5,14H2. The average Bonchev–Trinajstić information content (AvgIpc) is 2.24. The smallest absolute Gasteiger partial charge is 0.200 e. The molecule has 0 amide bonds. The highest BCUT2D eigenvalue weighted by molar-refractivity contribution is 5.24. The van der Waals surface area contributed by atoms with Crippen LogP contribution in [0, 0.1) is 23.0 Å². The molecule has 0 heterocycles. The molecule has 0 bridgehead atoms. The van der Waals surface area contributed by atoms with Crippen molar-refractivity contribution in [3.05, 3.63) is 29.8 Å². The summed E-state index contributed by atoms with van der Waals surface area (Å²) < 4.78 is 30.7. The Kier molecular flexibility index (Phi) is 4.01. The Morgan fingerprint density at radius 3 is 2.87 bits per heavy atom. The Morgan fingerprint density at radius 2 is 2.20 bits per heavy atom. The molecule has 0 spiro atoms. The van der Waals surface area contributed by atoms with Crippen molar-refractivity contribution in [2.75, 3.05) is 6.61 Å². The SMILES string of the molecule is N#CC(N)CCOc1cccc(F)c1F. The van der Waals surface area contributed by atoms with Crippen LogP contribution in [0.1, 0.15) is 6.42 Å². The number of hydrogen-bond donors (Lipinski definition) is 1. The monoisotopic (exact) mass is 212 g/mol. The van der Waals surface area contributed by atoms with Gasteiger partial charge in [-0.2, -0.15) is 9.65 Å². The first-order valence-electron chi connectivity index (χ1n) is 4.37. The predicted octanol–water partition coefficient (Wildman–Crippen LogP) is 1.58. The van der Waals surface area contributed by atoms with Crippen molar-refractivity contribution in [3.63, 3.8) is 0 Å². The third-order valence-corrected chi connectivity index (χ3v) is 1.77. The molecule has 2 N–H and O–H groups in total. The summed E-state index contributed by atoms with van der Waals surface area (Å²) in [5.41, 5.74) is 5.30. The molecule has 1 atom stereocenters. The fourth-order valence-corrected chi connectivity index (χ4v) is 0.956. The van der Waals surface area contributed by atoms with E-state index in [0.29, 0.717) is 0 Å². The summed E-state index contributed by atoms with van der Waals surface area (Å²) in [5.74, 6) is -2.15. The number of nitrogens with zero attached hydrogens (tertiary/aromatic N) is 1. The average molecular weight is 212 g/mol. The van der Waals surface area contributed by atoms with E-state index in [1.54, 1.807) is 0 Å². The van der Waals surface area contributed by atoms with Crippen molar-refractivity contribution >= 4 is 0 Å². The van der Waals surface area contributed by atoms with E-state index in [2.05, 4.69) is 0 Å². The fraction of sp³-hybridized carbons (Fsp3) is 0.300. The van der Waals surface area contributed by atoms with Gasteiger partial charge in [-0.25, -0.2) is 4.39 Å². The Labute approximate surface area is 86.1 Å². The zero-order chi connectivity index (χ0) is 11.3. The minimum absolute atomic E-state index is 0.0785. The van der Waals surface area contributed by atoms with E-state index in [-0.39, 0.29) is 18.8 Å². The fourth-order valence-electron chi connectivity index (χ4n) is 0.956. The quantitative estimate of drug-likeness (QED) is 0.824. The van der Waals surface area contributed by atoms with Gasteiger partial charge in [-0.15, -0.1) is 0 Å². The molecule has 5 heteroatoms. The molecule has 80 valence electrons. The maximum absolute atomic E-state index is 13.0. The lowest BCUT2D eigenvalue weighted by atomic mass is 10.2. The third-order valence-electron chi connectivity index (χ3n) is 1.77. The maximum Gasteiger partial charge on any atom is 0.200 e. The minimum atomic E-state index is -1.02. The highest BCUT2D eigenvalue weighted by Crippen LogP contribution is 2.19. The molecule has 1 aromatic rings. The van der Waals surface area contributed by atoms with Gasteiger partial charge in [0.25, 0.3) is 0 Å². The van der Waals surface area contributed by atoms with Crippen molar-refractivity contribution in [2.45, 2.75) is 12.5 Å². The van der Waals surface area contributed by atoms with Crippen molar-refractivity contribution in [1.29, 1.82) is 5.26 Å². The lowest BCUT2D eigenvalue weighted by molar-refractivity contribution is 0.286. The van der Waals surface area contributed by atoms with Crippen molar-refractivity contribution in [1.82, 2.24) is 0 Å². The van der Waals surface area contributed by atoms with E-state index in [4.69, 9.17) is 15.7 Å². The van der Waals surface area contributed by atoms with Gasteiger partial charge in [0.15, 0.2) is 11.6 Å². The molecule has 1 aromatic carbocycles. The number of ether oxygens (including phenoxy) is 1. The molecule has 0 saturated heterocycles. The van der Waals surface area contributed by atoms with Crippen LogP contribution < -0.4 is 10.5 Å². The van der Waals surface area contributed by atoms with E-state index < -0.39 is 17.7 Å². The van der Waals surface area contributed by atoms with Gasteiger partial charge in [-0.3, -0.25) is 0 Å². The zero-order valence-corrected chi connectivity index (χ0v) is 7.91. The first kappa shape index (κ1) is 11.4. The zero-order valence-electron chi connectivity index (χ0n) is 7.91. The van der Waals surface area contributed by atoms with E-state index in [9.17, 15) is 8.78 Å². The molecule has 15 heavy (non-hydrogen) atoms. The van der Waals surface area contributed by atoms with Gasteiger partial charge in [-0.1, -0.05) is 6.07 Å². The Bertz CT molecular complexity index is 376. The van der Waals surface area contributed by atoms with Gasteiger partial charge in [0.1, 0.15) is 0 Å². The van der Waals surface area contributed by atoms with E-state index in [0.717, 1.165) is 6.07 Å². The summed E-state index contributed by atoms with van der Waals surface area (Å²) in [5, 5.41) is 8.37. The lowest BCUT2D eigenvalue weighted by Crippen LogP contribution is -2.20. The normalized spacial score (nSPS) is 11.9. The highest BCUT2D eigenvalue weighted by atomic mass is 19.2. The van der Waals surface area contributed by atoms with Crippen LogP contribution >= 0.6 is 0 Å². The van der Waals surface area contributed by atoms with Crippen LogP contribution in [0.5, 0.6) is 5.75 Å². The van der Waals surface area contributed by atoms with Crippen LogP contribution in [0.4, 0.5) is 8.78 Å². The third kappa shape index (κ3) is 3.18. The van der Waals surface area contributed by atoms with Gasteiger partial charge in [0.2, 0.25) is 5.82 Å². The second-order valence-corrected chi connectivity index (χ2v) is 2.92. The van der Waals surface area contributed by atoms with E-state index in [1.165, 1.54) is 12.1 Å². The van der Waals surface area contributed by atoms with Crippen LogP contribution in [0.15, 0.2) is 18.2 Å². The first-order chi connectivity index (χ1) is 7.15. The second kappa shape index (κ2) is 5.27. The largest absolute Gasteiger partial charge is 0.490 e. The van der Waals surface area contributed by atoms with Gasteiger partial charge in [0, 0.05) is 6.42 Å². The van der Waals surface area contributed by atoms with Gasteiger partial charge in [0.05, 0.1) is 18.7 Å². The van der Waals surface area contributed by atoms with Crippen molar-refractivity contribution < 1.29 is 13.5 Å². The minimum Gasteiger partial charge on any atom is -0.490 e. The highest BCUT2D eigenvalue weighted by Gasteiger charge is 2.08. The molecule has 0 aliphatic rings. The van der Waals surface area contributed by atoms with Crippen LogP contribution in [0.3, 0.4) is 0 Å². The molecule has 0 saturated carbocycles. The van der Waals surface area contributed by atoms with Crippen LogP contribution in [0.25, 0.3) is 0 Å². The van der Waals surface area contributed by atoms with Crippen molar-refractivity contribution in [3.8, 4) is 11.8 Å². The van der Waals surface area contributed by atoms with E-state index in [1.807, 2.05) is 6.07 Å². The first-order valence-corrected chi connectivity index (χ1v) is 4.37. The number of hydrogen-bond acceptors (Lipinski definition) is 3. The molecule has 0 radical (unpaired) electrons. The second-order valence-electron chi connectivity index (χ2n) is 2.92. The van der Waals surface area contributed by atoms with Crippen LogP contribution in [-0.4, -0.2) is 12.6 Å². The van der Waals surface area contributed by atoms with Gasteiger partial charge >= 0.3 is 0 Å². The molecule has 0 fully saturated rings. The molecule has 3 nitrogen and oxygen atoms in total. The summed E-state index contributed by atoms with van der Waals surface area (Å²) in [7, 11) is 0. The summed E-state index contributed by atoms with van der Waals surface area (Å²) in [6.07, 6.45) is 0.270. The van der Waals surface area contributed by atoms with Gasteiger partial charge in [-0.05, 0) is 12.1 Å². The predicted molar refractivity (Wildman–Crippen MR) is 50.1 cm³/mol. The van der Waals surface area contributed by atoms with Gasteiger partial charge < -0.3 is 10.5 Å². The summed E-state index contributed by atoms with van der Waals surface area (Å²) in [6.45, 7) is 0.0785. The number of nitriles is 1. The lowest BCUT2D eigenvalue weighted by Gasteiger charge is -2.07. The number of nitrogens with two attached hydrogens (primary N) is 1. The number of rotatable bonds is 4. The molecule has 1 rings (SSSR count). The molecule has 0 aromatic heterocycles. The number of halogens is 2. The Hall–Kier alpha value is -1.67. The van der Waals surface area contributed by atoms with Crippen LogP contribution in [0.2, 0.25) is 0 Å². The summed E-state index contributed by atoms with van der Waals surface area (Å²) in [4.78, 5) is 0. The maximum atomic E-state index is 13.0. The molecular weight excluding hydrogens is 202 g/mol. The Balaban J connectivity index is 2.52. The van der Waals surface area contributed by atoms with Crippen molar-refractivity contribution in [2.24, 2.45) is 5.73 Å². The molecule has 0 aliphatic heterocycles. The number of benzene rings is 1. The molecular formula is C10H10F2N2O. The molecule has 0 aliphatic carbocycles. The topological polar surface area (TPSA) is 59.0 Å². The molecule has 1 unspecified atom stereocenters. The van der Waals surface area contributed by atoms with E-state index >= 15 is 0 Å². The Morgan fingerprint density at radius 1 is 1.47 bits per heavy atom. The van der Waals surface area contributed by atoms with Crippen LogP contribution in [-0.2, 0) is 0 Å².